The van der Waals surface area contributed by atoms with E-state index in [9.17, 15) is 0 Å². The lowest BCUT2D eigenvalue weighted by molar-refractivity contribution is 0.276. The first-order valence-electron chi connectivity index (χ1n) is 8.30. The summed E-state index contributed by atoms with van der Waals surface area (Å²) in [6, 6.07) is 6.97. The Morgan fingerprint density at radius 2 is 0.920 bits per heavy atom. The lowest BCUT2D eigenvalue weighted by Crippen LogP contribution is -2.27. The van der Waals surface area contributed by atoms with Gasteiger partial charge < -0.3 is 26.6 Å². The molecule has 0 amide bonds. The smallest absolute Gasteiger partial charge is 0.325 e. The molecule has 0 aromatic heterocycles. The van der Waals surface area contributed by atoms with Crippen molar-refractivity contribution < 1.29 is 26.6 Å². The van der Waals surface area contributed by atoms with Gasteiger partial charge in [-0.25, -0.2) is 0 Å². The average molecular weight is 405 g/mol. The second-order valence-corrected chi connectivity index (χ2v) is 12.5. The zero-order valence-corrected chi connectivity index (χ0v) is 19.9. The van der Waals surface area contributed by atoms with Gasteiger partial charge in [-0.2, -0.15) is 0 Å². The molecule has 1 aromatic rings. The van der Waals surface area contributed by atoms with Gasteiger partial charge in [-0.05, 0) is 29.2 Å². The summed E-state index contributed by atoms with van der Waals surface area (Å²) < 4.78 is 33.1. The van der Waals surface area contributed by atoms with E-state index in [-0.39, 0.29) is 0 Å². The molecule has 6 nitrogen and oxygen atoms in total. The van der Waals surface area contributed by atoms with E-state index in [1.807, 2.05) is 0 Å². The summed E-state index contributed by atoms with van der Waals surface area (Å²) in [5, 5.41) is 0. The fourth-order valence-electron chi connectivity index (χ4n) is 2.79. The van der Waals surface area contributed by atoms with Gasteiger partial charge in [0.15, 0.2) is 0 Å². The van der Waals surface area contributed by atoms with Crippen LogP contribution < -0.4 is 0 Å². The fourth-order valence-corrected chi connectivity index (χ4v) is 6.56. The Labute approximate surface area is 156 Å². The Hall–Kier alpha value is -0.369. The Morgan fingerprint density at radius 3 is 1.24 bits per heavy atom. The highest BCUT2D eigenvalue weighted by molar-refractivity contribution is 6.45. The van der Waals surface area contributed by atoms with Crippen LogP contribution in [0.15, 0.2) is 12.1 Å². The number of rotatable bonds is 12. The van der Waals surface area contributed by atoms with E-state index in [4.69, 9.17) is 26.6 Å². The Bertz CT molecular complexity index is 470. The van der Waals surface area contributed by atoms with Crippen LogP contribution >= 0.6 is 0 Å². The van der Waals surface area contributed by atoms with E-state index in [0.717, 1.165) is 18.1 Å². The first kappa shape index (κ1) is 22.7. The van der Waals surface area contributed by atoms with E-state index in [1.54, 1.807) is 42.7 Å². The van der Waals surface area contributed by atoms with E-state index in [2.05, 4.69) is 19.1 Å². The highest BCUT2D eigenvalue weighted by Crippen LogP contribution is 2.21. The molecule has 9 heteroatoms. The molecule has 0 atom stereocenters. The largest absolute Gasteiger partial charge is 0.400 e. The van der Waals surface area contributed by atoms with Gasteiger partial charge in [-0.3, -0.25) is 0 Å². The number of benzene rings is 1. The SMILES string of the molecule is CO[SiH](Cc1cc(C[SiH](OC)OC)c(C)c(C[SiH](OC)OC)c1)OC. The van der Waals surface area contributed by atoms with Gasteiger partial charge in [0.05, 0.1) is 0 Å². The summed E-state index contributed by atoms with van der Waals surface area (Å²) in [6.45, 7) is 2.16. The van der Waals surface area contributed by atoms with Crippen molar-refractivity contribution in [2.24, 2.45) is 0 Å². The molecule has 0 spiro atoms. The molecule has 0 unspecified atom stereocenters. The minimum atomic E-state index is -1.69. The summed E-state index contributed by atoms with van der Waals surface area (Å²) >= 11 is 0. The molecule has 1 aromatic carbocycles. The second kappa shape index (κ2) is 12.1. The molecule has 0 N–H and O–H groups in total. The van der Waals surface area contributed by atoms with E-state index < -0.39 is 27.9 Å². The van der Waals surface area contributed by atoms with Crippen LogP contribution in [0.3, 0.4) is 0 Å². The van der Waals surface area contributed by atoms with Gasteiger partial charge in [-0.15, -0.1) is 0 Å². The molecule has 0 fully saturated rings. The lowest BCUT2D eigenvalue weighted by Gasteiger charge is -2.20. The second-order valence-electron chi connectivity index (χ2n) is 5.85. The van der Waals surface area contributed by atoms with Crippen LogP contribution in [0.4, 0.5) is 0 Å². The van der Waals surface area contributed by atoms with Crippen LogP contribution in [-0.4, -0.2) is 70.5 Å². The molecule has 1 rings (SSSR count). The Balaban J connectivity index is 3.19. The fraction of sp³-hybridized carbons (Fsp3) is 0.625. The van der Waals surface area contributed by atoms with E-state index in [1.165, 1.54) is 22.3 Å². The summed E-state index contributed by atoms with van der Waals surface area (Å²) in [7, 11) is 5.25. The number of hydrogen-bond donors (Lipinski definition) is 0. The molecule has 0 heterocycles. The first-order chi connectivity index (χ1) is 12.0. The molecule has 0 aliphatic heterocycles. The third-order valence-corrected chi connectivity index (χ3v) is 9.94. The molecule has 0 saturated carbocycles. The van der Waals surface area contributed by atoms with Crippen molar-refractivity contribution in [3.63, 3.8) is 0 Å². The highest BCUT2D eigenvalue weighted by atomic mass is 28.3. The summed E-state index contributed by atoms with van der Waals surface area (Å²) in [5.74, 6) is 0. The van der Waals surface area contributed by atoms with Gasteiger partial charge in [0.25, 0.3) is 0 Å². The predicted molar refractivity (Wildman–Crippen MR) is 106 cm³/mol. The third-order valence-electron chi connectivity index (χ3n) is 4.44. The monoisotopic (exact) mass is 404 g/mol. The van der Waals surface area contributed by atoms with Gasteiger partial charge in [0, 0.05) is 60.8 Å². The summed E-state index contributed by atoms with van der Waals surface area (Å²) in [6.07, 6.45) is 0. The topological polar surface area (TPSA) is 55.4 Å². The molecular formula is C16H32O6Si3. The van der Waals surface area contributed by atoms with Crippen LogP contribution in [0.25, 0.3) is 0 Å². The van der Waals surface area contributed by atoms with E-state index >= 15 is 0 Å². The van der Waals surface area contributed by atoms with Crippen molar-refractivity contribution in [1.82, 2.24) is 0 Å². The predicted octanol–water partition coefficient (Wildman–Crippen LogP) is 0.780. The van der Waals surface area contributed by atoms with Crippen molar-refractivity contribution in [2.75, 3.05) is 42.7 Å². The third kappa shape index (κ3) is 7.04. The van der Waals surface area contributed by atoms with Crippen molar-refractivity contribution in [1.29, 1.82) is 0 Å². The maximum Gasteiger partial charge on any atom is 0.325 e. The molecule has 0 radical (unpaired) electrons. The van der Waals surface area contributed by atoms with E-state index in [0.29, 0.717) is 0 Å². The zero-order valence-electron chi connectivity index (χ0n) is 16.5. The molecular weight excluding hydrogens is 372 g/mol. The minimum absolute atomic E-state index is 0.825. The summed E-state index contributed by atoms with van der Waals surface area (Å²) in [4.78, 5) is 0. The molecule has 25 heavy (non-hydrogen) atoms. The maximum absolute atomic E-state index is 5.52. The molecule has 0 saturated heterocycles. The van der Waals surface area contributed by atoms with Crippen molar-refractivity contribution in [3.8, 4) is 0 Å². The molecule has 144 valence electrons. The van der Waals surface area contributed by atoms with Crippen molar-refractivity contribution in [3.05, 3.63) is 34.4 Å². The maximum atomic E-state index is 5.52. The van der Waals surface area contributed by atoms with Crippen LogP contribution in [0, 0.1) is 6.92 Å². The van der Waals surface area contributed by atoms with Gasteiger partial charge in [-0.1, -0.05) is 12.1 Å². The lowest BCUT2D eigenvalue weighted by atomic mass is 10.0. The Kier molecular flexibility index (Phi) is 11.0. The van der Waals surface area contributed by atoms with Crippen LogP contribution in [0.2, 0.25) is 0 Å². The van der Waals surface area contributed by atoms with Crippen molar-refractivity contribution >= 4 is 27.9 Å². The van der Waals surface area contributed by atoms with Crippen molar-refractivity contribution in [2.45, 2.75) is 25.1 Å². The Morgan fingerprint density at radius 1 is 0.600 bits per heavy atom. The minimum Gasteiger partial charge on any atom is -0.400 e. The van der Waals surface area contributed by atoms with Crippen LogP contribution in [0.1, 0.15) is 22.3 Å². The normalized spacial score (nSPS) is 11.9. The van der Waals surface area contributed by atoms with Gasteiger partial charge in [0.2, 0.25) is 0 Å². The standard InChI is InChI=1S/C16H32O6Si3/c1-13-15(11-24(19-4)20-5)8-14(10-23(17-2)18-3)9-16(13)12-25(21-6)22-7/h8-9,23-25H,10-12H2,1-7H3. The van der Waals surface area contributed by atoms with Gasteiger partial charge in [0.1, 0.15) is 0 Å². The van der Waals surface area contributed by atoms with Crippen LogP contribution in [0.5, 0.6) is 0 Å². The molecule has 0 bridgehead atoms. The molecule has 0 aliphatic rings. The highest BCUT2D eigenvalue weighted by Gasteiger charge is 2.20. The average Bonchev–Trinajstić information content (AvgIpc) is 2.64. The zero-order chi connectivity index (χ0) is 18.8. The summed E-state index contributed by atoms with van der Waals surface area (Å²) in [5.41, 5.74) is 5.05. The molecule has 0 aliphatic carbocycles. The number of hydrogen-bond acceptors (Lipinski definition) is 6. The van der Waals surface area contributed by atoms with Crippen LogP contribution in [-0.2, 0) is 44.7 Å². The first-order valence-corrected chi connectivity index (χ1v) is 13.6. The quantitative estimate of drug-likeness (QED) is 0.480. The van der Waals surface area contributed by atoms with Gasteiger partial charge >= 0.3 is 27.9 Å².